The Morgan fingerprint density at radius 2 is 1.17 bits per heavy atom. The van der Waals surface area contributed by atoms with Gasteiger partial charge in [0.05, 0.1) is 5.60 Å². The molecule has 0 radical (unpaired) electrons. The molecule has 0 bridgehead atoms. The van der Waals surface area contributed by atoms with E-state index in [-0.39, 0.29) is 46.3 Å². The minimum absolute atomic E-state index is 0. The summed E-state index contributed by atoms with van der Waals surface area (Å²) in [5.41, 5.74) is 6.56. The van der Waals surface area contributed by atoms with Crippen LogP contribution in [-0.2, 0) is 37.6 Å². The predicted octanol–water partition coefficient (Wildman–Crippen LogP) is 12.7. The first kappa shape index (κ1) is 40.6. The first-order chi connectivity index (χ1) is 24.2. The van der Waals surface area contributed by atoms with Crippen molar-refractivity contribution in [1.29, 1.82) is 0 Å². The number of hydrogen-bond acceptors (Lipinski definition) is 1. The number of unbranched alkanes of at least 4 members (excludes halogenated alkanes) is 3. The summed E-state index contributed by atoms with van der Waals surface area (Å²) in [5, 5.41) is 14.4. The molecule has 1 unspecified atom stereocenters. The zero-order valence-corrected chi connectivity index (χ0v) is 37.7. The van der Waals surface area contributed by atoms with Gasteiger partial charge in [-0.1, -0.05) is 111 Å². The van der Waals surface area contributed by atoms with Crippen LogP contribution in [0.5, 0.6) is 0 Å². The molecule has 0 fully saturated rings. The van der Waals surface area contributed by atoms with Crippen LogP contribution in [-0.4, -0.2) is 24.8 Å². The van der Waals surface area contributed by atoms with Crippen molar-refractivity contribution in [2.75, 3.05) is 6.61 Å². The van der Waals surface area contributed by atoms with E-state index in [0.29, 0.717) is 0 Å². The van der Waals surface area contributed by atoms with Crippen molar-refractivity contribution in [1.82, 2.24) is 4.57 Å². The molecular formula is C49H55HfNOSi. The standard InChI is InChI=1S/C47H49NOSi.2CH3.Hf/c1-32-30-41-34(33-26-27-44-42(31-33)37-20-13-14-25-43(37)48(44)5)23-17-24-40(41)45(32)50(6,29-16-8-7-15-28-49-47(2,3)4)46-38-21-11-9-18-35(38)36-19-10-12-22-39(36)46;;;/h9-14,17-27,30-31H,7-8,15-16,28-29H2,1-6H3;2*1H3;/q-2;2*-1;+4. The SMILES string of the molecule is Cc1cc2c(-c3ccc4c(c3)c3ccccc3n4C)cccc2[c-]1[Si](C)(CCCCCCOC(C)(C)C)[c-]1c2ccccc2c2ccccc21.[CH3-].[CH3-].[Hf+4]. The summed E-state index contributed by atoms with van der Waals surface area (Å²) in [6.07, 6.45) is 4.81. The van der Waals surface area contributed by atoms with E-state index in [2.05, 4.69) is 161 Å². The molecule has 8 aromatic rings. The van der Waals surface area contributed by atoms with Crippen molar-refractivity contribution in [3.63, 3.8) is 0 Å². The van der Waals surface area contributed by atoms with Crippen LogP contribution in [0, 0.1) is 21.8 Å². The van der Waals surface area contributed by atoms with E-state index in [1.54, 1.807) is 10.4 Å². The molecule has 270 valence electrons. The Morgan fingerprint density at radius 3 is 1.85 bits per heavy atom. The van der Waals surface area contributed by atoms with Crippen LogP contribution in [0.15, 0.2) is 115 Å². The van der Waals surface area contributed by atoms with Crippen LogP contribution in [0.1, 0.15) is 52.0 Å². The fraction of sp³-hybridized carbons (Fsp3) is 0.265. The summed E-state index contributed by atoms with van der Waals surface area (Å²) in [6, 6.07) is 45.0. The fourth-order valence-electron chi connectivity index (χ4n) is 9.06. The Balaban J connectivity index is 0.00000180. The normalized spacial score (nSPS) is 12.9. The van der Waals surface area contributed by atoms with Gasteiger partial charge >= 0.3 is 25.8 Å². The maximum absolute atomic E-state index is 6.06. The summed E-state index contributed by atoms with van der Waals surface area (Å²) in [4.78, 5) is 0. The molecule has 0 aliphatic heterocycles. The topological polar surface area (TPSA) is 14.2 Å². The van der Waals surface area contributed by atoms with Crippen LogP contribution in [0.4, 0.5) is 0 Å². The average molecular weight is 881 g/mol. The number of ether oxygens (including phenoxy) is 1. The van der Waals surface area contributed by atoms with E-state index < -0.39 is 8.07 Å². The second kappa shape index (κ2) is 16.0. The summed E-state index contributed by atoms with van der Waals surface area (Å²) in [7, 11) is -0.0880. The number of benzene rings is 5. The van der Waals surface area contributed by atoms with Gasteiger partial charge in [0.15, 0.2) is 0 Å². The van der Waals surface area contributed by atoms with Crippen molar-refractivity contribution < 1.29 is 30.6 Å². The van der Waals surface area contributed by atoms with Crippen molar-refractivity contribution in [2.45, 2.75) is 71.6 Å². The van der Waals surface area contributed by atoms with Gasteiger partial charge in [0.1, 0.15) is 0 Å². The van der Waals surface area contributed by atoms with Gasteiger partial charge in [-0.15, -0.1) is 72.5 Å². The number of aryl methyl sites for hydroxylation is 2. The molecular weight excluding hydrogens is 825 g/mol. The molecule has 1 aromatic heterocycles. The van der Waals surface area contributed by atoms with Crippen LogP contribution in [0.2, 0.25) is 12.6 Å². The van der Waals surface area contributed by atoms with Gasteiger partial charge in [-0.25, -0.2) is 0 Å². The minimum atomic E-state index is -2.27. The van der Waals surface area contributed by atoms with Crippen LogP contribution < -0.4 is 10.4 Å². The van der Waals surface area contributed by atoms with Crippen LogP contribution in [0.25, 0.3) is 65.3 Å². The molecule has 0 spiro atoms. The quantitative estimate of drug-likeness (QED) is 0.0758. The minimum Gasteiger partial charge on any atom is -0.376 e. The monoisotopic (exact) mass is 881 g/mol. The molecule has 53 heavy (non-hydrogen) atoms. The van der Waals surface area contributed by atoms with Gasteiger partial charge in [-0.2, -0.15) is 6.07 Å². The zero-order valence-electron chi connectivity index (χ0n) is 33.1. The zero-order chi connectivity index (χ0) is 34.6. The Hall–Kier alpha value is -3.57. The summed E-state index contributed by atoms with van der Waals surface area (Å²) in [5.74, 6) is 0. The third-order valence-corrected chi connectivity index (χ3v) is 16.0. The molecule has 8 rings (SSSR count). The Bertz CT molecular complexity index is 2450. The van der Waals surface area contributed by atoms with E-state index in [9.17, 15) is 0 Å². The third-order valence-electron chi connectivity index (χ3n) is 11.2. The molecule has 7 aromatic carbocycles. The first-order valence-electron chi connectivity index (χ1n) is 18.5. The van der Waals surface area contributed by atoms with Gasteiger partial charge in [-0.05, 0) is 51.0 Å². The molecule has 0 N–H and O–H groups in total. The Labute approximate surface area is 337 Å². The number of para-hydroxylation sites is 1. The van der Waals surface area contributed by atoms with E-state index in [0.717, 1.165) is 13.0 Å². The summed E-state index contributed by atoms with van der Waals surface area (Å²) in [6.45, 7) is 12.4. The van der Waals surface area contributed by atoms with Gasteiger partial charge in [0.2, 0.25) is 0 Å². The van der Waals surface area contributed by atoms with Crippen LogP contribution in [0.3, 0.4) is 0 Å². The van der Waals surface area contributed by atoms with Gasteiger partial charge in [0.25, 0.3) is 0 Å². The second-order valence-corrected chi connectivity index (χ2v) is 19.9. The number of nitrogens with zero attached hydrogens (tertiary/aromatic N) is 1. The molecule has 0 saturated heterocycles. The van der Waals surface area contributed by atoms with Crippen molar-refractivity contribution in [2.24, 2.45) is 7.05 Å². The molecule has 1 heterocycles. The van der Waals surface area contributed by atoms with E-state index in [1.165, 1.54) is 96.1 Å². The molecule has 4 heteroatoms. The van der Waals surface area contributed by atoms with Gasteiger partial charge < -0.3 is 24.2 Å². The smallest absolute Gasteiger partial charge is 0.376 e. The predicted molar refractivity (Wildman–Crippen MR) is 233 cm³/mol. The molecule has 1 atom stereocenters. The van der Waals surface area contributed by atoms with Crippen LogP contribution >= 0.6 is 0 Å². The van der Waals surface area contributed by atoms with Gasteiger partial charge in [0, 0.05) is 43.5 Å². The first-order valence-corrected chi connectivity index (χ1v) is 21.2. The maximum atomic E-state index is 6.06. The summed E-state index contributed by atoms with van der Waals surface area (Å²) >= 11 is 0. The number of fused-ring (bicyclic) bond motifs is 7. The fourth-order valence-corrected chi connectivity index (χ4v) is 14.1. The van der Waals surface area contributed by atoms with Crippen molar-refractivity contribution >= 4 is 72.6 Å². The van der Waals surface area contributed by atoms with Gasteiger partial charge in [-0.3, -0.25) is 0 Å². The van der Waals surface area contributed by atoms with Crippen molar-refractivity contribution in [3.05, 3.63) is 136 Å². The molecule has 0 amide bonds. The molecule has 0 saturated carbocycles. The number of hydrogen-bond donors (Lipinski definition) is 0. The number of aromatic nitrogens is 1. The van der Waals surface area contributed by atoms with E-state index in [4.69, 9.17) is 4.74 Å². The largest absolute Gasteiger partial charge is 4.00 e. The number of rotatable bonds is 10. The Kier molecular flexibility index (Phi) is 12.3. The second-order valence-electron chi connectivity index (χ2n) is 15.7. The van der Waals surface area contributed by atoms with E-state index >= 15 is 0 Å². The Morgan fingerprint density at radius 1 is 0.604 bits per heavy atom. The van der Waals surface area contributed by atoms with E-state index in [1.807, 2.05) is 0 Å². The molecule has 0 aliphatic carbocycles. The third kappa shape index (κ3) is 7.20. The summed E-state index contributed by atoms with van der Waals surface area (Å²) < 4.78 is 8.38. The molecule has 0 aliphatic rings. The molecule has 2 nitrogen and oxygen atoms in total. The average Bonchev–Trinajstić information content (AvgIpc) is 3.74. The van der Waals surface area contributed by atoms with Crippen molar-refractivity contribution in [3.8, 4) is 11.1 Å². The maximum Gasteiger partial charge on any atom is 4.00 e.